The molecule has 6 nitrogen and oxygen atoms in total. The first-order valence-corrected chi connectivity index (χ1v) is 7.44. The lowest BCUT2D eigenvalue weighted by molar-refractivity contribution is -0.123. The fourth-order valence-electron chi connectivity index (χ4n) is 2.92. The number of imidazole rings is 1. The number of halogens is 1. The Kier molecular flexibility index (Phi) is 3.26. The Hall–Kier alpha value is -3.22. The Balaban J connectivity index is 1.66. The van der Waals surface area contributed by atoms with Gasteiger partial charge in [-0.15, -0.1) is 0 Å². The predicted octanol–water partition coefficient (Wildman–Crippen LogP) is 2.37. The van der Waals surface area contributed by atoms with E-state index in [1.807, 2.05) is 24.3 Å². The molecule has 3 aromatic rings. The first-order valence-electron chi connectivity index (χ1n) is 7.44. The summed E-state index contributed by atoms with van der Waals surface area (Å²) in [5.74, 6) is -1.81. The van der Waals surface area contributed by atoms with E-state index in [-0.39, 0.29) is 18.2 Å². The number of benzene rings is 2. The second-order valence-electron chi connectivity index (χ2n) is 5.62. The Labute approximate surface area is 136 Å². The summed E-state index contributed by atoms with van der Waals surface area (Å²) in [6.07, 6.45) is 1.52. The molecule has 0 bridgehead atoms. The number of nitrogens with zero attached hydrogens (tertiary/aromatic N) is 2. The van der Waals surface area contributed by atoms with Crippen LogP contribution >= 0.6 is 0 Å². The van der Waals surface area contributed by atoms with Crippen LogP contribution in [0.15, 0.2) is 48.8 Å². The van der Waals surface area contributed by atoms with Gasteiger partial charge in [0.25, 0.3) is 0 Å². The molecule has 1 atom stereocenters. The van der Waals surface area contributed by atoms with Gasteiger partial charge in [0.05, 0.1) is 17.0 Å². The van der Waals surface area contributed by atoms with Crippen LogP contribution < -0.4 is 10.7 Å². The molecule has 1 aliphatic heterocycles. The van der Waals surface area contributed by atoms with Crippen molar-refractivity contribution in [1.82, 2.24) is 9.66 Å². The van der Waals surface area contributed by atoms with Gasteiger partial charge in [-0.2, -0.15) is 0 Å². The molecule has 4 rings (SSSR count). The van der Waals surface area contributed by atoms with Gasteiger partial charge in [0.1, 0.15) is 12.1 Å². The van der Waals surface area contributed by atoms with Crippen molar-refractivity contribution in [1.29, 1.82) is 0 Å². The van der Waals surface area contributed by atoms with Crippen LogP contribution in [-0.2, 0) is 9.59 Å². The molecule has 0 radical (unpaired) electrons. The molecule has 0 spiro atoms. The normalized spacial score (nSPS) is 16.5. The summed E-state index contributed by atoms with van der Waals surface area (Å²) in [5.41, 5.74) is 5.19. The zero-order chi connectivity index (χ0) is 16.7. The number of aromatic nitrogens is 2. The number of amides is 2. The molecule has 0 saturated carbocycles. The quantitative estimate of drug-likeness (QED) is 0.760. The van der Waals surface area contributed by atoms with Gasteiger partial charge in [-0.1, -0.05) is 18.2 Å². The van der Waals surface area contributed by atoms with Gasteiger partial charge in [-0.25, -0.2) is 14.1 Å². The van der Waals surface area contributed by atoms with Crippen molar-refractivity contribution in [3.8, 4) is 0 Å². The summed E-state index contributed by atoms with van der Waals surface area (Å²) in [6, 6.07) is 11.4. The number of hydrogen-bond donors (Lipinski definition) is 2. The minimum Gasteiger partial charge on any atom is -0.326 e. The second kappa shape index (κ2) is 5.45. The third-order valence-electron chi connectivity index (χ3n) is 4.06. The van der Waals surface area contributed by atoms with Crippen LogP contribution in [0.25, 0.3) is 11.0 Å². The Morgan fingerprint density at radius 1 is 1.29 bits per heavy atom. The molecule has 0 aliphatic carbocycles. The van der Waals surface area contributed by atoms with Crippen LogP contribution in [0.2, 0.25) is 0 Å². The molecule has 2 heterocycles. The van der Waals surface area contributed by atoms with E-state index in [9.17, 15) is 14.0 Å². The van der Waals surface area contributed by atoms with Crippen molar-refractivity contribution in [3.05, 3.63) is 60.2 Å². The number of para-hydroxylation sites is 2. The molecule has 24 heavy (non-hydrogen) atoms. The largest absolute Gasteiger partial charge is 0.326 e. The van der Waals surface area contributed by atoms with Crippen LogP contribution in [-0.4, -0.2) is 21.5 Å². The number of fused-ring (bicyclic) bond motifs is 2. The smallest absolute Gasteiger partial charge is 0.246 e. The summed E-state index contributed by atoms with van der Waals surface area (Å²) in [7, 11) is 0. The molecule has 0 fully saturated rings. The zero-order valence-corrected chi connectivity index (χ0v) is 12.5. The van der Waals surface area contributed by atoms with Crippen LogP contribution in [0.3, 0.4) is 0 Å². The molecule has 2 N–H and O–H groups in total. The van der Waals surface area contributed by atoms with Gasteiger partial charge in [-0.05, 0) is 29.8 Å². The van der Waals surface area contributed by atoms with E-state index < -0.39 is 11.7 Å². The van der Waals surface area contributed by atoms with Gasteiger partial charge in [0.15, 0.2) is 0 Å². The molecule has 1 unspecified atom stereocenters. The second-order valence-corrected chi connectivity index (χ2v) is 5.62. The van der Waals surface area contributed by atoms with Gasteiger partial charge >= 0.3 is 0 Å². The van der Waals surface area contributed by atoms with Gasteiger partial charge in [0.2, 0.25) is 11.8 Å². The minimum absolute atomic E-state index is 0.0110. The van der Waals surface area contributed by atoms with E-state index in [0.29, 0.717) is 11.3 Å². The van der Waals surface area contributed by atoms with Crippen LogP contribution in [0, 0.1) is 5.82 Å². The number of nitrogens with one attached hydrogen (secondary N) is 2. The highest BCUT2D eigenvalue weighted by Crippen LogP contribution is 2.33. The lowest BCUT2D eigenvalue weighted by Crippen LogP contribution is -2.34. The van der Waals surface area contributed by atoms with Crippen molar-refractivity contribution >= 4 is 28.5 Å². The van der Waals surface area contributed by atoms with E-state index in [1.54, 1.807) is 0 Å². The van der Waals surface area contributed by atoms with E-state index >= 15 is 0 Å². The van der Waals surface area contributed by atoms with E-state index in [2.05, 4.69) is 15.7 Å². The molecular weight excluding hydrogens is 311 g/mol. The fourth-order valence-corrected chi connectivity index (χ4v) is 2.92. The van der Waals surface area contributed by atoms with E-state index in [0.717, 1.165) is 11.0 Å². The maximum absolute atomic E-state index is 13.4. The average Bonchev–Trinajstić information content (AvgIpc) is 2.97. The fraction of sp³-hybridized carbons (Fsp3) is 0.118. The Morgan fingerprint density at radius 2 is 2.12 bits per heavy atom. The van der Waals surface area contributed by atoms with Crippen LogP contribution in [0.1, 0.15) is 17.9 Å². The SMILES string of the molecule is O=C1CC(C(=O)Nn2cnc3ccccc32)c2ccc(F)cc2N1. The highest BCUT2D eigenvalue weighted by Gasteiger charge is 2.31. The summed E-state index contributed by atoms with van der Waals surface area (Å²) in [4.78, 5) is 28.7. The molecule has 7 heteroatoms. The summed E-state index contributed by atoms with van der Waals surface area (Å²) in [5, 5.41) is 2.60. The highest BCUT2D eigenvalue weighted by atomic mass is 19.1. The average molecular weight is 324 g/mol. The summed E-state index contributed by atoms with van der Waals surface area (Å²) in [6.45, 7) is 0. The lowest BCUT2D eigenvalue weighted by Gasteiger charge is -2.25. The summed E-state index contributed by atoms with van der Waals surface area (Å²) < 4.78 is 14.9. The molecule has 120 valence electrons. The molecule has 1 aromatic heterocycles. The molecule has 0 saturated heterocycles. The molecular formula is C17H13FN4O2. The predicted molar refractivity (Wildman–Crippen MR) is 86.5 cm³/mol. The van der Waals surface area contributed by atoms with E-state index in [4.69, 9.17) is 0 Å². The van der Waals surface area contributed by atoms with Crippen LogP contribution in [0.4, 0.5) is 10.1 Å². The Bertz CT molecular complexity index is 966. The highest BCUT2D eigenvalue weighted by molar-refractivity contribution is 6.03. The minimum atomic E-state index is -0.685. The molecule has 2 amide bonds. The third-order valence-corrected chi connectivity index (χ3v) is 4.06. The topological polar surface area (TPSA) is 76.0 Å². The maximum Gasteiger partial charge on any atom is 0.246 e. The van der Waals surface area contributed by atoms with Gasteiger partial charge in [-0.3, -0.25) is 15.0 Å². The first-order chi connectivity index (χ1) is 11.6. The number of anilines is 1. The summed E-state index contributed by atoms with van der Waals surface area (Å²) >= 11 is 0. The Morgan fingerprint density at radius 3 is 3.00 bits per heavy atom. The van der Waals surface area contributed by atoms with Crippen molar-refractivity contribution in [2.75, 3.05) is 10.7 Å². The van der Waals surface area contributed by atoms with Crippen molar-refractivity contribution in [3.63, 3.8) is 0 Å². The number of carbonyl (C=O) groups excluding carboxylic acids is 2. The number of rotatable bonds is 2. The zero-order valence-electron chi connectivity index (χ0n) is 12.5. The first kappa shape index (κ1) is 14.4. The lowest BCUT2D eigenvalue weighted by atomic mass is 9.90. The molecule has 1 aliphatic rings. The van der Waals surface area contributed by atoms with Crippen molar-refractivity contribution < 1.29 is 14.0 Å². The molecule has 2 aromatic carbocycles. The van der Waals surface area contributed by atoms with Crippen LogP contribution in [0.5, 0.6) is 0 Å². The third kappa shape index (κ3) is 2.40. The van der Waals surface area contributed by atoms with E-state index in [1.165, 1.54) is 29.2 Å². The van der Waals surface area contributed by atoms with Crippen molar-refractivity contribution in [2.45, 2.75) is 12.3 Å². The van der Waals surface area contributed by atoms with Gasteiger partial charge in [0, 0.05) is 12.1 Å². The maximum atomic E-state index is 13.4. The van der Waals surface area contributed by atoms with Gasteiger partial charge < -0.3 is 5.32 Å². The van der Waals surface area contributed by atoms with Crippen molar-refractivity contribution in [2.24, 2.45) is 0 Å². The number of hydrogen-bond acceptors (Lipinski definition) is 3. The number of carbonyl (C=O) groups is 2. The standard InChI is InChI=1S/C17H13FN4O2/c18-10-5-6-11-12(8-16(23)20-14(11)7-10)17(24)21-22-9-19-13-3-1-2-4-15(13)22/h1-7,9,12H,8H2,(H,20,23)(H,21,24). The monoisotopic (exact) mass is 324 g/mol.